The molecule has 1 fully saturated rings. The van der Waals surface area contributed by atoms with Crippen LogP contribution in [0.2, 0.25) is 5.02 Å². The summed E-state index contributed by atoms with van der Waals surface area (Å²) in [5, 5.41) is 3.56. The van der Waals surface area contributed by atoms with E-state index in [2.05, 4.69) is 10.3 Å². The zero-order chi connectivity index (χ0) is 14.7. The summed E-state index contributed by atoms with van der Waals surface area (Å²) in [5.74, 6) is 0. The van der Waals surface area contributed by atoms with Gasteiger partial charge in [0.2, 0.25) is 0 Å². The first kappa shape index (κ1) is 13.9. The summed E-state index contributed by atoms with van der Waals surface area (Å²) in [6.07, 6.45) is 3.86. The third-order valence-corrected chi connectivity index (χ3v) is 3.65. The van der Waals surface area contributed by atoms with Crippen LogP contribution in [0.5, 0.6) is 0 Å². The Kier molecular flexibility index (Phi) is 4.06. The number of hydrogen-bond acceptors (Lipinski definition) is 2. The number of urea groups is 1. The van der Waals surface area contributed by atoms with E-state index >= 15 is 0 Å². The lowest BCUT2D eigenvalue weighted by Gasteiger charge is -2.22. The van der Waals surface area contributed by atoms with Crippen LogP contribution < -0.4 is 5.32 Å². The van der Waals surface area contributed by atoms with Crippen LogP contribution in [-0.4, -0.2) is 22.0 Å². The van der Waals surface area contributed by atoms with Crippen molar-refractivity contribution < 1.29 is 4.79 Å². The molecule has 5 heteroatoms. The molecular weight excluding hydrogens is 286 g/mol. The van der Waals surface area contributed by atoms with E-state index in [0.29, 0.717) is 17.6 Å². The minimum Gasteiger partial charge on any atom is -0.316 e. The number of nitrogens with one attached hydrogen (secondary N) is 1. The highest BCUT2D eigenvalue weighted by molar-refractivity contribution is 6.30. The fourth-order valence-corrected chi connectivity index (χ4v) is 2.27. The lowest BCUT2D eigenvalue weighted by molar-refractivity contribution is 0.205. The smallest absolute Gasteiger partial charge is 0.316 e. The zero-order valence-electron chi connectivity index (χ0n) is 11.5. The molecule has 1 N–H and O–H groups in total. The predicted octanol–water partition coefficient (Wildman–Crippen LogP) is 3.93. The molecule has 1 saturated carbocycles. The second kappa shape index (κ2) is 6.14. The van der Waals surface area contributed by atoms with E-state index in [4.69, 9.17) is 11.6 Å². The van der Waals surface area contributed by atoms with Gasteiger partial charge in [0.05, 0.1) is 12.2 Å². The Labute approximate surface area is 128 Å². The molecule has 1 aliphatic carbocycles. The second-order valence-corrected chi connectivity index (χ2v) is 5.55. The number of amides is 2. The van der Waals surface area contributed by atoms with Gasteiger partial charge in [0.25, 0.3) is 0 Å². The number of carbonyl (C=O) groups is 1. The summed E-state index contributed by atoms with van der Waals surface area (Å²) >= 11 is 5.85. The van der Waals surface area contributed by atoms with Crippen molar-refractivity contribution in [2.45, 2.75) is 25.4 Å². The molecule has 0 saturated heterocycles. The molecule has 1 aliphatic rings. The first-order chi connectivity index (χ1) is 10.2. The molecule has 1 aromatic heterocycles. The number of hydrogen-bond donors (Lipinski definition) is 1. The van der Waals surface area contributed by atoms with Gasteiger partial charge in [0.1, 0.15) is 0 Å². The molecule has 0 aliphatic heterocycles. The van der Waals surface area contributed by atoms with Crippen LogP contribution in [0.15, 0.2) is 48.7 Å². The number of anilines is 1. The molecule has 2 amide bonds. The largest absolute Gasteiger partial charge is 0.322 e. The monoisotopic (exact) mass is 301 g/mol. The number of halogens is 1. The van der Waals surface area contributed by atoms with Gasteiger partial charge < -0.3 is 10.2 Å². The maximum absolute atomic E-state index is 12.4. The van der Waals surface area contributed by atoms with E-state index in [-0.39, 0.29) is 6.03 Å². The number of carbonyl (C=O) groups excluding carboxylic acids is 1. The Morgan fingerprint density at radius 2 is 2.00 bits per heavy atom. The highest BCUT2D eigenvalue weighted by Crippen LogP contribution is 2.28. The normalized spacial score (nSPS) is 13.8. The van der Waals surface area contributed by atoms with Crippen molar-refractivity contribution in [1.29, 1.82) is 0 Å². The van der Waals surface area contributed by atoms with E-state index in [1.54, 1.807) is 30.5 Å². The van der Waals surface area contributed by atoms with Crippen LogP contribution in [0.3, 0.4) is 0 Å². The molecule has 2 aromatic rings. The fraction of sp³-hybridized carbons (Fsp3) is 0.250. The molecule has 108 valence electrons. The molecule has 0 atom stereocenters. The van der Waals surface area contributed by atoms with E-state index in [0.717, 1.165) is 24.2 Å². The summed E-state index contributed by atoms with van der Waals surface area (Å²) in [6, 6.07) is 13.1. The first-order valence-electron chi connectivity index (χ1n) is 6.95. The molecule has 1 heterocycles. The molecule has 0 unspecified atom stereocenters. The summed E-state index contributed by atoms with van der Waals surface area (Å²) in [6.45, 7) is 0.533. The maximum Gasteiger partial charge on any atom is 0.322 e. The van der Waals surface area contributed by atoms with E-state index in [9.17, 15) is 4.79 Å². The molecular formula is C16H16ClN3O. The number of pyridine rings is 1. The SMILES string of the molecule is O=C(Nc1ccc(Cl)cc1)N(Cc1ccccn1)C1CC1. The minimum atomic E-state index is -0.0922. The first-order valence-corrected chi connectivity index (χ1v) is 7.33. The van der Waals surface area contributed by atoms with Crippen LogP contribution in [0.1, 0.15) is 18.5 Å². The quantitative estimate of drug-likeness (QED) is 0.930. The van der Waals surface area contributed by atoms with Gasteiger partial charge in [-0.05, 0) is 49.2 Å². The van der Waals surface area contributed by atoms with Gasteiger partial charge in [0.15, 0.2) is 0 Å². The summed E-state index contributed by atoms with van der Waals surface area (Å²) in [7, 11) is 0. The highest BCUT2D eigenvalue weighted by atomic mass is 35.5. The van der Waals surface area contributed by atoms with Crippen molar-refractivity contribution in [2.75, 3.05) is 5.32 Å². The zero-order valence-corrected chi connectivity index (χ0v) is 12.3. The average molecular weight is 302 g/mol. The van der Waals surface area contributed by atoms with Gasteiger partial charge in [-0.15, -0.1) is 0 Å². The second-order valence-electron chi connectivity index (χ2n) is 5.12. The maximum atomic E-state index is 12.4. The van der Waals surface area contributed by atoms with Gasteiger partial charge in [-0.3, -0.25) is 4.98 Å². The highest BCUT2D eigenvalue weighted by Gasteiger charge is 2.32. The number of benzene rings is 1. The van der Waals surface area contributed by atoms with Crippen LogP contribution in [0, 0.1) is 0 Å². The van der Waals surface area contributed by atoms with Crippen molar-refractivity contribution >= 4 is 23.3 Å². The van der Waals surface area contributed by atoms with Gasteiger partial charge in [-0.2, -0.15) is 0 Å². The van der Waals surface area contributed by atoms with Gasteiger partial charge in [0, 0.05) is 22.9 Å². The molecule has 1 aromatic carbocycles. The Hall–Kier alpha value is -2.07. The Morgan fingerprint density at radius 3 is 2.62 bits per heavy atom. The van der Waals surface area contributed by atoms with Crippen LogP contribution in [0.25, 0.3) is 0 Å². The molecule has 3 rings (SSSR count). The van der Waals surface area contributed by atoms with Gasteiger partial charge in [-0.25, -0.2) is 4.79 Å². The predicted molar refractivity (Wildman–Crippen MR) is 83.3 cm³/mol. The van der Waals surface area contributed by atoms with Crippen molar-refractivity contribution in [3.8, 4) is 0 Å². The lowest BCUT2D eigenvalue weighted by Crippen LogP contribution is -2.36. The van der Waals surface area contributed by atoms with Crippen molar-refractivity contribution in [3.05, 3.63) is 59.4 Å². The fourth-order valence-electron chi connectivity index (χ4n) is 2.15. The van der Waals surface area contributed by atoms with Crippen LogP contribution in [-0.2, 0) is 6.54 Å². The summed E-state index contributed by atoms with van der Waals surface area (Å²) < 4.78 is 0. The number of aromatic nitrogens is 1. The summed E-state index contributed by atoms with van der Waals surface area (Å²) in [4.78, 5) is 18.6. The Balaban J connectivity index is 1.69. The minimum absolute atomic E-state index is 0.0922. The summed E-state index contributed by atoms with van der Waals surface area (Å²) in [5.41, 5.74) is 1.65. The van der Waals surface area contributed by atoms with E-state index in [1.807, 2.05) is 23.1 Å². The molecule has 0 bridgehead atoms. The number of rotatable bonds is 4. The van der Waals surface area contributed by atoms with Crippen LogP contribution >= 0.6 is 11.6 Å². The lowest BCUT2D eigenvalue weighted by atomic mass is 10.3. The third kappa shape index (κ3) is 3.73. The molecule has 4 nitrogen and oxygen atoms in total. The van der Waals surface area contributed by atoms with E-state index < -0.39 is 0 Å². The standard InChI is InChI=1S/C16H16ClN3O/c17-12-4-6-13(7-5-12)19-16(21)20(15-8-9-15)11-14-3-1-2-10-18-14/h1-7,10,15H,8-9,11H2,(H,19,21). The van der Waals surface area contributed by atoms with E-state index in [1.165, 1.54) is 0 Å². The third-order valence-electron chi connectivity index (χ3n) is 3.40. The van der Waals surface area contributed by atoms with Crippen molar-refractivity contribution in [3.63, 3.8) is 0 Å². The van der Waals surface area contributed by atoms with Crippen molar-refractivity contribution in [2.24, 2.45) is 0 Å². The van der Waals surface area contributed by atoms with Gasteiger partial charge in [-0.1, -0.05) is 17.7 Å². The van der Waals surface area contributed by atoms with Crippen LogP contribution in [0.4, 0.5) is 10.5 Å². The number of nitrogens with zero attached hydrogens (tertiary/aromatic N) is 2. The van der Waals surface area contributed by atoms with Gasteiger partial charge >= 0.3 is 6.03 Å². The molecule has 0 spiro atoms. The molecule has 21 heavy (non-hydrogen) atoms. The average Bonchev–Trinajstić information content (AvgIpc) is 3.33. The van der Waals surface area contributed by atoms with Crippen molar-refractivity contribution in [1.82, 2.24) is 9.88 Å². The Bertz CT molecular complexity index is 611. The molecule has 0 radical (unpaired) electrons. The Morgan fingerprint density at radius 1 is 1.24 bits per heavy atom. The topological polar surface area (TPSA) is 45.2 Å².